The lowest BCUT2D eigenvalue weighted by Crippen LogP contribution is -2.04. The monoisotopic (exact) mass is 400 g/mol. The van der Waals surface area contributed by atoms with Gasteiger partial charge in [0.2, 0.25) is 0 Å². The van der Waals surface area contributed by atoms with Gasteiger partial charge in [0.25, 0.3) is 5.69 Å². The van der Waals surface area contributed by atoms with Crippen molar-refractivity contribution < 1.29 is 14.1 Å². The zero-order chi connectivity index (χ0) is 20.1. The van der Waals surface area contributed by atoms with Gasteiger partial charge in [-0.2, -0.15) is 4.98 Å². The van der Waals surface area contributed by atoms with E-state index in [9.17, 15) is 14.5 Å². The second kappa shape index (κ2) is 8.66. The first-order chi connectivity index (χ1) is 13.4. The molecular formula is C19H17FN4O3S. The summed E-state index contributed by atoms with van der Waals surface area (Å²) in [6, 6.07) is 12.2. The van der Waals surface area contributed by atoms with E-state index in [1.165, 1.54) is 6.07 Å². The van der Waals surface area contributed by atoms with Crippen LogP contribution in [0.15, 0.2) is 53.6 Å². The smallest absolute Gasteiger partial charge is 0.318 e. The summed E-state index contributed by atoms with van der Waals surface area (Å²) in [7, 11) is 0. The van der Waals surface area contributed by atoms with Crippen LogP contribution in [0, 0.1) is 29.8 Å². The van der Waals surface area contributed by atoms with Gasteiger partial charge in [-0.25, -0.2) is 9.37 Å². The van der Waals surface area contributed by atoms with Crippen molar-refractivity contribution in [2.75, 3.05) is 4.72 Å². The standard InChI is InChI=1S/C19H17FN4O3S/c1-12-7-13(2)9-14(8-12)11-27-19-21-10-15(20)18(22-19)23-28-17-6-4-3-5-16(17)24(25)26/h3-10H,11H2,1-2H3,(H,21,22,23). The molecule has 0 saturated heterocycles. The molecular weight excluding hydrogens is 383 g/mol. The number of para-hydroxylation sites is 1. The quantitative estimate of drug-likeness (QED) is 0.345. The summed E-state index contributed by atoms with van der Waals surface area (Å²) in [5.41, 5.74) is 3.10. The van der Waals surface area contributed by atoms with E-state index >= 15 is 0 Å². The molecule has 1 aromatic heterocycles. The Bertz CT molecular complexity index is 996. The number of hydrogen-bond acceptors (Lipinski definition) is 7. The molecule has 0 radical (unpaired) electrons. The summed E-state index contributed by atoms with van der Waals surface area (Å²) in [6.45, 7) is 4.23. The number of nitro benzene ring substituents is 1. The van der Waals surface area contributed by atoms with E-state index in [1.54, 1.807) is 18.2 Å². The Kier molecular flexibility index (Phi) is 6.05. The summed E-state index contributed by atoms with van der Waals surface area (Å²) >= 11 is 0.892. The second-order valence-electron chi connectivity index (χ2n) is 6.06. The molecule has 7 nitrogen and oxygen atoms in total. The van der Waals surface area contributed by atoms with Crippen LogP contribution in [0.5, 0.6) is 6.01 Å². The highest BCUT2D eigenvalue weighted by Gasteiger charge is 2.15. The molecule has 0 unspecified atom stereocenters. The molecule has 3 rings (SSSR count). The largest absolute Gasteiger partial charge is 0.459 e. The van der Waals surface area contributed by atoms with Crippen LogP contribution in [0.25, 0.3) is 0 Å². The van der Waals surface area contributed by atoms with Crippen LogP contribution in [0.3, 0.4) is 0 Å². The molecule has 0 aliphatic rings. The number of aryl methyl sites for hydroxylation is 2. The van der Waals surface area contributed by atoms with Crippen molar-refractivity contribution >= 4 is 23.5 Å². The van der Waals surface area contributed by atoms with E-state index in [-0.39, 0.29) is 24.1 Å². The van der Waals surface area contributed by atoms with Gasteiger partial charge < -0.3 is 9.46 Å². The molecule has 0 aliphatic heterocycles. The van der Waals surface area contributed by atoms with Gasteiger partial charge in [-0.3, -0.25) is 10.1 Å². The van der Waals surface area contributed by atoms with Crippen LogP contribution in [-0.2, 0) is 6.61 Å². The summed E-state index contributed by atoms with van der Waals surface area (Å²) < 4.78 is 22.3. The van der Waals surface area contributed by atoms with Crippen molar-refractivity contribution in [3.8, 4) is 6.01 Å². The molecule has 0 bridgehead atoms. The maximum absolute atomic E-state index is 14.0. The lowest BCUT2D eigenvalue weighted by atomic mass is 10.1. The number of aromatic nitrogens is 2. The zero-order valence-electron chi connectivity index (χ0n) is 15.2. The van der Waals surface area contributed by atoms with Crippen LogP contribution in [0.2, 0.25) is 0 Å². The van der Waals surface area contributed by atoms with Crippen LogP contribution in [0.4, 0.5) is 15.9 Å². The first-order valence-electron chi connectivity index (χ1n) is 8.31. The van der Waals surface area contributed by atoms with Crippen LogP contribution >= 0.6 is 11.9 Å². The minimum atomic E-state index is -0.690. The maximum Gasteiger partial charge on any atom is 0.318 e. The van der Waals surface area contributed by atoms with Gasteiger partial charge >= 0.3 is 6.01 Å². The third-order valence-electron chi connectivity index (χ3n) is 3.69. The van der Waals surface area contributed by atoms with Gasteiger partial charge in [0.05, 0.1) is 11.1 Å². The van der Waals surface area contributed by atoms with Crippen LogP contribution in [0.1, 0.15) is 16.7 Å². The molecule has 0 fully saturated rings. The molecule has 1 N–H and O–H groups in total. The molecule has 0 aliphatic carbocycles. The van der Waals surface area contributed by atoms with Crippen LogP contribution < -0.4 is 9.46 Å². The Balaban J connectivity index is 1.70. The molecule has 0 saturated carbocycles. The molecule has 0 spiro atoms. The van der Waals surface area contributed by atoms with E-state index in [1.807, 2.05) is 26.0 Å². The number of ether oxygens (including phenoxy) is 1. The van der Waals surface area contributed by atoms with Gasteiger partial charge in [0, 0.05) is 6.07 Å². The van der Waals surface area contributed by atoms with Gasteiger partial charge in [-0.1, -0.05) is 41.5 Å². The highest BCUT2D eigenvalue weighted by Crippen LogP contribution is 2.30. The molecule has 3 aromatic rings. The predicted octanol–water partition coefficient (Wildman–Crippen LogP) is 4.84. The number of halogens is 1. The highest BCUT2D eigenvalue weighted by atomic mass is 32.2. The minimum Gasteiger partial charge on any atom is -0.459 e. The molecule has 144 valence electrons. The number of nitrogens with one attached hydrogen (secondary N) is 1. The lowest BCUT2D eigenvalue weighted by Gasteiger charge is -2.09. The van der Waals surface area contributed by atoms with E-state index in [0.29, 0.717) is 4.90 Å². The minimum absolute atomic E-state index is 0.00576. The van der Waals surface area contributed by atoms with Crippen molar-refractivity contribution in [2.24, 2.45) is 0 Å². The average molecular weight is 400 g/mol. The number of rotatable bonds is 7. The van der Waals surface area contributed by atoms with Crippen molar-refractivity contribution in [3.63, 3.8) is 0 Å². The van der Waals surface area contributed by atoms with Crippen LogP contribution in [-0.4, -0.2) is 14.9 Å². The Morgan fingerprint density at radius 3 is 2.64 bits per heavy atom. The summed E-state index contributed by atoms with van der Waals surface area (Å²) in [5.74, 6) is -0.807. The third-order valence-corrected chi connectivity index (χ3v) is 4.55. The Hall–Kier alpha value is -3.20. The van der Waals surface area contributed by atoms with Crippen molar-refractivity contribution in [1.29, 1.82) is 0 Å². The summed E-state index contributed by atoms with van der Waals surface area (Å²) in [4.78, 5) is 18.7. The van der Waals surface area contributed by atoms with Gasteiger partial charge in [0.15, 0.2) is 11.6 Å². The fraction of sp³-hybridized carbons (Fsp3) is 0.158. The Morgan fingerprint density at radius 1 is 1.21 bits per heavy atom. The summed E-state index contributed by atoms with van der Waals surface area (Å²) in [6.07, 6.45) is 0.992. The van der Waals surface area contributed by atoms with Crippen molar-refractivity contribution in [3.05, 3.63) is 81.3 Å². The van der Waals surface area contributed by atoms with Gasteiger partial charge in [-0.15, -0.1) is 0 Å². The first kappa shape index (κ1) is 19.6. The van der Waals surface area contributed by atoms with Crippen molar-refractivity contribution in [2.45, 2.75) is 25.3 Å². The van der Waals surface area contributed by atoms with Gasteiger partial charge in [0.1, 0.15) is 11.5 Å². The Morgan fingerprint density at radius 2 is 1.93 bits per heavy atom. The van der Waals surface area contributed by atoms with Crippen molar-refractivity contribution in [1.82, 2.24) is 9.97 Å². The number of anilines is 1. The SMILES string of the molecule is Cc1cc(C)cc(COc2ncc(F)c(NSc3ccccc3[N+](=O)[O-])n2)c1. The number of benzene rings is 2. The molecule has 0 amide bonds. The number of nitrogens with zero attached hydrogens (tertiary/aromatic N) is 3. The predicted molar refractivity (Wildman–Crippen MR) is 105 cm³/mol. The fourth-order valence-corrected chi connectivity index (χ4v) is 3.33. The molecule has 0 atom stereocenters. The number of hydrogen-bond donors (Lipinski definition) is 1. The normalized spacial score (nSPS) is 10.5. The lowest BCUT2D eigenvalue weighted by molar-refractivity contribution is -0.387. The maximum atomic E-state index is 14.0. The molecule has 1 heterocycles. The summed E-state index contributed by atoms with van der Waals surface area (Å²) in [5, 5.41) is 11.1. The topological polar surface area (TPSA) is 90.2 Å². The third kappa shape index (κ3) is 4.95. The van der Waals surface area contributed by atoms with Gasteiger partial charge in [-0.05, 0) is 37.4 Å². The molecule has 28 heavy (non-hydrogen) atoms. The Labute approximate surface area is 165 Å². The van der Waals surface area contributed by atoms with E-state index in [0.717, 1.165) is 34.8 Å². The number of nitro groups is 1. The highest BCUT2D eigenvalue weighted by molar-refractivity contribution is 8.00. The van der Waals surface area contributed by atoms with E-state index in [4.69, 9.17) is 4.74 Å². The molecule has 2 aromatic carbocycles. The van der Waals surface area contributed by atoms with E-state index in [2.05, 4.69) is 20.8 Å². The van der Waals surface area contributed by atoms with E-state index < -0.39 is 10.7 Å². The fourth-order valence-electron chi connectivity index (χ4n) is 2.59. The average Bonchev–Trinajstić information content (AvgIpc) is 2.65. The zero-order valence-corrected chi connectivity index (χ0v) is 16.0. The second-order valence-corrected chi connectivity index (χ2v) is 6.91. The molecule has 9 heteroatoms. The first-order valence-corrected chi connectivity index (χ1v) is 9.13.